The topological polar surface area (TPSA) is 90.0 Å². The van der Waals surface area contributed by atoms with Gasteiger partial charge in [0.15, 0.2) is 0 Å². The average molecular weight is 464 g/mol. The number of carbonyl (C=O) groups is 1. The fraction of sp³-hybridized carbons (Fsp3) is 0.185. The number of nitrogens with zero attached hydrogens (tertiary/aromatic N) is 5. The van der Waals surface area contributed by atoms with Crippen LogP contribution in [0.3, 0.4) is 0 Å². The van der Waals surface area contributed by atoms with E-state index in [-0.39, 0.29) is 5.91 Å². The lowest BCUT2D eigenvalue weighted by Crippen LogP contribution is -2.44. The summed E-state index contributed by atoms with van der Waals surface area (Å²) >= 11 is 0. The summed E-state index contributed by atoms with van der Waals surface area (Å²) in [5.74, 6) is 1.14. The normalized spacial score (nSPS) is 14.5. The Labute approximate surface area is 202 Å². The number of pyridine rings is 3. The van der Waals surface area contributed by atoms with Gasteiger partial charge >= 0.3 is 0 Å². The van der Waals surface area contributed by atoms with Crippen molar-refractivity contribution < 1.29 is 4.79 Å². The van der Waals surface area contributed by atoms with Crippen LogP contribution in [0.2, 0.25) is 0 Å². The number of anilines is 2. The zero-order valence-corrected chi connectivity index (χ0v) is 19.4. The summed E-state index contributed by atoms with van der Waals surface area (Å²) < 4.78 is 0. The summed E-state index contributed by atoms with van der Waals surface area (Å²) in [4.78, 5) is 34.1. The molecule has 1 fully saturated rings. The number of aromatic amines is 1. The van der Waals surface area contributed by atoms with Crippen molar-refractivity contribution in [3.63, 3.8) is 0 Å². The van der Waals surface area contributed by atoms with E-state index < -0.39 is 0 Å². The largest absolute Gasteiger partial charge is 0.354 e. The van der Waals surface area contributed by atoms with Crippen LogP contribution in [0, 0.1) is 0 Å². The van der Waals surface area contributed by atoms with Gasteiger partial charge < -0.3 is 20.1 Å². The maximum atomic E-state index is 13.0. The van der Waals surface area contributed by atoms with Gasteiger partial charge in [0, 0.05) is 72.9 Å². The number of carbonyl (C=O) groups excluding carboxylic acids is 1. The number of piperazine rings is 1. The molecule has 1 aliphatic rings. The van der Waals surface area contributed by atoms with Crippen LogP contribution in [0.4, 0.5) is 11.6 Å². The van der Waals surface area contributed by atoms with E-state index in [0.717, 1.165) is 64.9 Å². The second-order valence-electron chi connectivity index (χ2n) is 8.92. The second kappa shape index (κ2) is 8.81. The van der Waals surface area contributed by atoms with Crippen molar-refractivity contribution >= 4 is 39.3 Å². The number of hydrogen-bond donors (Lipinski definition) is 2. The molecule has 0 aliphatic carbocycles. The fourth-order valence-electron chi connectivity index (χ4n) is 4.44. The quantitative estimate of drug-likeness (QED) is 0.416. The molecule has 6 rings (SSSR count). The Balaban J connectivity index is 1.24. The minimum Gasteiger partial charge on any atom is -0.354 e. The molecule has 35 heavy (non-hydrogen) atoms. The number of rotatable bonds is 4. The predicted molar refractivity (Wildman–Crippen MR) is 139 cm³/mol. The first kappa shape index (κ1) is 21.2. The summed E-state index contributed by atoms with van der Waals surface area (Å²) in [5, 5.41) is 6.01. The van der Waals surface area contributed by atoms with Crippen molar-refractivity contribution in [1.29, 1.82) is 0 Å². The third-order valence-electron chi connectivity index (χ3n) is 6.53. The zero-order chi connectivity index (χ0) is 23.8. The minimum atomic E-state index is -0.201. The highest BCUT2D eigenvalue weighted by Crippen LogP contribution is 2.27. The molecule has 0 bridgehead atoms. The molecule has 174 valence electrons. The summed E-state index contributed by atoms with van der Waals surface area (Å²) in [6.07, 6.45) is 7.23. The molecule has 8 heteroatoms. The summed E-state index contributed by atoms with van der Waals surface area (Å²) in [7, 11) is 2.12. The van der Waals surface area contributed by atoms with Crippen molar-refractivity contribution in [3.8, 4) is 11.1 Å². The van der Waals surface area contributed by atoms with Crippen molar-refractivity contribution in [1.82, 2.24) is 24.8 Å². The van der Waals surface area contributed by atoms with Crippen LogP contribution in [0.25, 0.3) is 32.9 Å². The van der Waals surface area contributed by atoms with Gasteiger partial charge in [-0.2, -0.15) is 0 Å². The molecule has 0 unspecified atom stereocenters. The Morgan fingerprint density at radius 3 is 2.60 bits per heavy atom. The Hall–Kier alpha value is -4.30. The fourth-order valence-corrected chi connectivity index (χ4v) is 4.44. The molecule has 0 radical (unpaired) electrons. The lowest BCUT2D eigenvalue weighted by atomic mass is 10.0. The molecule has 8 nitrogen and oxygen atoms in total. The van der Waals surface area contributed by atoms with Crippen LogP contribution >= 0.6 is 0 Å². The molecule has 1 aromatic carbocycles. The highest BCUT2D eigenvalue weighted by Gasteiger charge is 2.17. The maximum Gasteiger partial charge on any atom is 0.257 e. The Bertz CT molecular complexity index is 1540. The Morgan fingerprint density at radius 1 is 0.857 bits per heavy atom. The number of amides is 1. The first-order valence-electron chi connectivity index (χ1n) is 11.7. The van der Waals surface area contributed by atoms with E-state index in [9.17, 15) is 4.79 Å². The molecule has 1 aliphatic heterocycles. The van der Waals surface area contributed by atoms with Crippen molar-refractivity contribution in [2.24, 2.45) is 0 Å². The zero-order valence-electron chi connectivity index (χ0n) is 19.4. The first-order valence-corrected chi connectivity index (χ1v) is 11.7. The molecular weight excluding hydrogens is 438 g/mol. The van der Waals surface area contributed by atoms with E-state index in [1.54, 1.807) is 18.5 Å². The third kappa shape index (κ3) is 4.31. The minimum absolute atomic E-state index is 0.201. The standard InChI is InChI=1S/C27H25N7O/c1-33-8-10-34(11-9-33)25-15-20(5-6-28-25)27(35)32-24-14-22-12-18(2-3-21(22)16-30-24)23-13-19-4-7-29-26(19)31-17-23/h2-7,12-17H,8-11H2,1H3,(H,29,31)(H,30,32,35). The van der Waals surface area contributed by atoms with Gasteiger partial charge in [0.05, 0.1) is 0 Å². The molecule has 1 amide bonds. The van der Waals surface area contributed by atoms with Gasteiger partial charge in [0.1, 0.15) is 17.3 Å². The van der Waals surface area contributed by atoms with Gasteiger partial charge in [-0.3, -0.25) is 4.79 Å². The van der Waals surface area contributed by atoms with E-state index in [2.05, 4.69) is 60.3 Å². The number of H-pyrrole nitrogens is 1. The molecule has 5 heterocycles. The molecule has 2 N–H and O–H groups in total. The van der Waals surface area contributed by atoms with Gasteiger partial charge in [-0.1, -0.05) is 12.1 Å². The van der Waals surface area contributed by atoms with Gasteiger partial charge in [-0.15, -0.1) is 0 Å². The number of benzene rings is 1. The van der Waals surface area contributed by atoms with Gasteiger partial charge in [-0.05, 0) is 54.4 Å². The molecule has 0 saturated carbocycles. The first-order chi connectivity index (χ1) is 17.1. The third-order valence-corrected chi connectivity index (χ3v) is 6.53. The lowest BCUT2D eigenvalue weighted by Gasteiger charge is -2.33. The van der Waals surface area contributed by atoms with Gasteiger partial charge in [-0.25, -0.2) is 15.0 Å². The SMILES string of the molecule is CN1CCN(c2cc(C(=O)Nc3cc4cc(-c5cnc6[nH]ccc6c5)ccc4cn3)ccn2)CC1. The highest BCUT2D eigenvalue weighted by atomic mass is 16.1. The van der Waals surface area contributed by atoms with Crippen LogP contribution in [-0.2, 0) is 0 Å². The number of nitrogens with one attached hydrogen (secondary N) is 2. The van der Waals surface area contributed by atoms with E-state index in [0.29, 0.717) is 11.4 Å². The van der Waals surface area contributed by atoms with Crippen LogP contribution < -0.4 is 10.2 Å². The van der Waals surface area contributed by atoms with Crippen LogP contribution in [0.15, 0.2) is 73.3 Å². The Morgan fingerprint density at radius 2 is 1.71 bits per heavy atom. The van der Waals surface area contributed by atoms with Crippen molar-refractivity contribution in [2.75, 3.05) is 43.4 Å². The molecule has 4 aromatic heterocycles. The maximum absolute atomic E-state index is 13.0. The number of hydrogen-bond acceptors (Lipinski definition) is 6. The molecule has 1 saturated heterocycles. The highest BCUT2D eigenvalue weighted by molar-refractivity contribution is 6.05. The van der Waals surface area contributed by atoms with Crippen LogP contribution in [-0.4, -0.2) is 64.0 Å². The molecule has 0 spiro atoms. The lowest BCUT2D eigenvalue weighted by molar-refractivity contribution is 0.102. The number of aromatic nitrogens is 4. The number of fused-ring (bicyclic) bond motifs is 2. The number of likely N-dealkylation sites (N-methyl/N-ethyl adjacent to an activating group) is 1. The predicted octanol–water partition coefficient (Wildman–Crippen LogP) is 4.18. The molecular formula is C27H25N7O. The summed E-state index contributed by atoms with van der Waals surface area (Å²) in [6, 6.07) is 15.8. The van der Waals surface area contributed by atoms with Crippen molar-refractivity contribution in [3.05, 3.63) is 78.9 Å². The van der Waals surface area contributed by atoms with Crippen LogP contribution in [0.5, 0.6) is 0 Å². The van der Waals surface area contributed by atoms with E-state index in [1.807, 2.05) is 36.7 Å². The summed E-state index contributed by atoms with van der Waals surface area (Å²) in [6.45, 7) is 3.76. The van der Waals surface area contributed by atoms with Crippen molar-refractivity contribution in [2.45, 2.75) is 0 Å². The molecule has 0 atom stereocenters. The van der Waals surface area contributed by atoms with E-state index in [1.165, 1.54) is 0 Å². The molecule has 5 aromatic rings. The average Bonchev–Trinajstić information content (AvgIpc) is 3.37. The van der Waals surface area contributed by atoms with Gasteiger partial charge in [0.2, 0.25) is 0 Å². The smallest absolute Gasteiger partial charge is 0.257 e. The second-order valence-corrected chi connectivity index (χ2v) is 8.92. The Kier molecular flexibility index (Phi) is 5.35. The van der Waals surface area contributed by atoms with Gasteiger partial charge in [0.25, 0.3) is 5.91 Å². The summed E-state index contributed by atoms with van der Waals surface area (Å²) in [5.41, 5.74) is 3.53. The van der Waals surface area contributed by atoms with E-state index in [4.69, 9.17) is 0 Å². The van der Waals surface area contributed by atoms with E-state index >= 15 is 0 Å². The monoisotopic (exact) mass is 463 g/mol. The van der Waals surface area contributed by atoms with Crippen LogP contribution in [0.1, 0.15) is 10.4 Å².